The molecular weight excluding hydrogens is 294 g/mol. The number of aromatic carboxylic acids is 1. The second-order valence-corrected chi connectivity index (χ2v) is 7.21. The van der Waals surface area contributed by atoms with Gasteiger partial charge in [-0.05, 0) is 38.6 Å². The Balaban J connectivity index is 2.22. The molecule has 1 fully saturated rings. The Labute approximate surface area is 124 Å². The Hall–Kier alpha value is -1.51. The van der Waals surface area contributed by atoms with Gasteiger partial charge in [0.2, 0.25) is 0 Å². The van der Waals surface area contributed by atoms with Crippen molar-refractivity contribution in [3.05, 3.63) is 23.9 Å². The van der Waals surface area contributed by atoms with E-state index in [1.807, 2.05) is 7.05 Å². The fourth-order valence-electron chi connectivity index (χ4n) is 2.44. The highest BCUT2D eigenvalue weighted by Crippen LogP contribution is 2.20. The van der Waals surface area contributed by atoms with E-state index in [1.165, 1.54) is 16.4 Å². The third-order valence-electron chi connectivity index (χ3n) is 3.74. The minimum absolute atomic E-state index is 0.0333. The van der Waals surface area contributed by atoms with Crippen LogP contribution < -0.4 is 0 Å². The predicted molar refractivity (Wildman–Crippen MR) is 76.7 cm³/mol. The molecule has 0 aromatic carbocycles. The quantitative estimate of drug-likeness (QED) is 0.870. The van der Waals surface area contributed by atoms with E-state index in [9.17, 15) is 13.2 Å². The number of sulfonamides is 1. The first kappa shape index (κ1) is 15.9. The van der Waals surface area contributed by atoms with E-state index in [4.69, 9.17) is 5.11 Å². The molecule has 2 rings (SSSR count). The highest BCUT2D eigenvalue weighted by molar-refractivity contribution is 7.89. The van der Waals surface area contributed by atoms with Crippen molar-refractivity contribution < 1.29 is 18.3 Å². The molecule has 21 heavy (non-hydrogen) atoms. The number of carbonyl (C=O) groups is 1. The number of rotatable bonds is 4. The van der Waals surface area contributed by atoms with Crippen LogP contribution in [-0.2, 0) is 10.0 Å². The third kappa shape index (κ3) is 3.39. The Morgan fingerprint density at radius 3 is 2.71 bits per heavy atom. The Kier molecular flexibility index (Phi) is 4.60. The molecule has 0 radical (unpaired) electrons. The molecule has 0 bridgehead atoms. The predicted octanol–water partition coefficient (Wildman–Crippen LogP) is 0.494. The zero-order chi connectivity index (χ0) is 15.6. The van der Waals surface area contributed by atoms with E-state index in [1.54, 1.807) is 7.05 Å². The van der Waals surface area contributed by atoms with Crippen LogP contribution >= 0.6 is 0 Å². The van der Waals surface area contributed by atoms with Crippen LogP contribution in [0.25, 0.3) is 0 Å². The standard InChI is InChI=1S/C13H19N3O4S/c1-15-7-3-4-11(9-15)16(2)21(19,20)12-6-5-10(8-14-12)13(17)18/h5-6,8,11H,3-4,7,9H2,1-2H3,(H,17,18). The molecule has 1 aromatic rings. The van der Waals surface area contributed by atoms with Gasteiger partial charge in [0.1, 0.15) is 0 Å². The number of hydrogen-bond acceptors (Lipinski definition) is 5. The maximum Gasteiger partial charge on any atom is 0.337 e. The smallest absolute Gasteiger partial charge is 0.337 e. The number of carboxylic acid groups (broad SMARTS) is 1. The number of nitrogens with zero attached hydrogens (tertiary/aromatic N) is 3. The Bertz CT molecular complexity index is 615. The van der Waals surface area contributed by atoms with Crippen molar-refractivity contribution >= 4 is 16.0 Å². The van der Waals surface area contributed by atoms with Crippen molar-refractivity contribution in [2.75, 3.05) is 27.2 Å². The fraction of sp³-hybridized carbons (Fsp3) is 0.538. The van der Waals surface area contributed by atoms with E-state index in [-0.39, 0.29) is 16.6 Å². The van der Waals surface area contributed by atoms with Crippen molar-refractivity contribution in [1.82, 2.24) is 14.2 Å². The molecule has 0 saturated carbocycles. The minimum atomic E-state index is -3.70. The molecule has 1 N–H and O–H groups in total. The van der Waals surface area contributed by atoms with Crippen LogP contribution in [-0.4, -0.2) is 66.9 Å². The lowest BCUT2D eigenvalue weighted by molar-refractivity contribution is 0.0696. The minimum Gasteiger partial charge on any atom is -0.478 e. The van der Waals surface area contributed by atoms with Gasteiger partial charge in [-0.2, -0.15) is 4.31 Å². The molecule has 2 heterocycles. The van der Waals surface area contributed by atoms with Gasteiger partial charge >= 0.3 is 5.97 Å². The van der Waals surface area contributed by atoms with Crippen molar-refractivity contribution in [2.45, 2.75) is 23.9 Å². The average Bonchev–Trinajstić information content (AvgIpc) is 2.46. The number of carboxylic acids is 1. The monoisotopic (exact) mass is 313 g/mol. The largest absolute Gasteiger partial charge is 0.478 e. The fourth-order valence-corrected chi connectivity index (χ4v) is 3.72. The average molecular weight is 313 g/mol. The van der Waals surface area contributed by atoms with E-state index < -0.39 is 16.0 Å². The molecule has 0 aliphatic carbocycles. The topological polar surface area (TPSA) is 90.8 Å². The van der Waals surface area contributed by atoms with Crippen LogP contribution in [0, 0.1) is 0 Å². The van der Waals surface area contributed by atoms with Gasteiger partial charge in [-0.15, -0.1) is 0 Å². The number of hydrogen-bond donors (Lipinski definition) is 1. The second-order valence-electron chi connectivity index (χ2n) is 5.27. The summed E-state index contributed by atoms with van der Waals surface area (Å²) >= 11 is 0. The molecular formula is C13H19N3O4S. The molecule has 1 aliphatic rings. The van der Waals surface area contributed by atoms with Gasteiger partial charge in [0.25, 0.3) is 10.0 Å². The summed E-state index contributed by atoms with van der Waals surface area (Å²) in [6.45, 7) is 1.65. The van der Waals surface area contributed by atoms with Crippen LogP contribution in [0.15, 0.2) is 23.4 Å². The van der Waals surface area contributed by atoms with E-state index in [0.717, 1.165) is 25.6 Å². The number of aromatic nitrogens is 1. The van der Waals surface area contributed by atoms with Gasteiger partial charge in [-0.1, -0.05) is 0 Å². The van der Waals surface area contributed by atoms with Gasteiger partial charge in [0.05, 0.1) is 5.56 Å². The SMILES string of the molecule is CN1CCCC(N(C)S(=O)(=O)c2ccc(C(=O)O)cn2)C1. The first-order valence-electron chi connectivity index (χ1n) is 6.68. The normalized spacial score (nSPS) is 20.6. The molecule has 0 spiro atoms. The van der Waals surface area contributed by atoms with Gasteiger partial charge < -0.3 is 10.0 Å². The van der Waals surface area contributed by atoms with Crippen LogP contribution in [0.2, 0.25) is 0 Å². The number of pyridine rings is 1. The van der Waals surface area contributed by atoms with Crippen molar-refractivity contribution in [3.8, 4) is 0 Å². The summed E-state index contributed by atoms with van der Waals surface area (Å²) < 4.78 is 26.4. The summed E-state index contributed by atoms with van der Waals surface area (Å²) in [5.41, 5.74) is -0.0333. The van der Waals surface area contributed by atoms with Crippen LogP contribution in [0.1, 0.15) is 23.2 Å². The highest BCUT2D eigenvalue weighted by Gasteiger charge is 2.31. The van der Waals surface area contributed by atoms with Gasteiger partial charge in [-0.25, -0.2) is 18.2 Å². The Morgan fingerprint density at radius 1 is 1.48 bits per heavy atom. The maximum absolute atomic E-state index is 12.5. The molecule has 1 atom stereocenters. The number of likely N-dealkylation sites (N-methyl/N-ethyl adjacent to an activating group) is 2. The third-order valence-corrected chi connectivity index (χ3v) is 5.57. The molecule has 1 aliphatic heterocycles. The highest BCUT2D eigenvalue weighted by atomic mass is 32.2. The van der Waals surface area contributed by atoms with Crippen LogP contribution in [0.5, 0.6) is 0 Å². The molecule has 1 unspecified atom stereocenters. The van der Waals surface area contributed by atoms with Crippen molar-refractivity contribution in [3.63, 3.8) is 0 Å². The Morgan fingerprint density at radius 2 is 2.19 bits per heavy atom. The van der Waals surface area contributed by atoms with E-state index >= 15 is 0 Å². The zero-order valence-corrected chi connectivity index (χ0v) is 12.9. The first-order chi connectivity index (χ1) is 9.82. The van der Waals surface area contributed by atoms with Crippen LogP contribution in [0.3, 0.4) is 0 Å². The molecule has 1 saturated heterocycles. The molecule has 7 nitrogen and oxygen atoms in total. The van der Waals surface area contributed by atoms with E-state index in [2.05, 4.69) is 9.88 Å². The van der Waals surface area contributed by atoms with Gasteiger partial charge in [0, 0.05) is 25.8 Å². The summed E-state index contributed by atoms with van der Waals surface area (Å²) in [6, 6.07) is 2.40. The summed E-state index contributed by atoms with van der Waals surface area (Å²) in [5.74, 6) is -1.13. The summed E-state index contributed by atoms with van der Waals surface area (Å²) in [7, 11) is -0.190. The van der Waals surface area contributed by atoms with Gasteiger partial charge in [0.15, 0.2) is 5.03 Å². The maximum atomic E-state index is 12.5. The lowest BCUT2D eigenvalue weighted by Crippen LogP contribution is -2.47. The molecule has 1 aromatic heterocycles. The van der Waals surface area contributed by atoms with Gasteiger partial charge in [-0.3, -0.25) is 0 Å². The van der Waals surface area contributed by atoms with Crippen molar-refractivity contribution in [1.29, 1.82) is 0 Å². The lowest BCUT2D eigenvalue weighted by atomic mass is 10.1. The molecule has 116 valence electrons. The summed E-state index contributed by atoms with van der Waals surface area (Å²) in [4.78, 5) is 16.7. The first-order valence-corrected chi connectivity index (χ1v) is 8.12. The zero-order valence-electron chi connectivity index (χ0n) is 12.1. The number of piperidine rings is 1. The lowest BCUT2D eigenvalue weighted by Gasteiger charge is -2.34. The van der Waals surface area contributed by atoms with Crippen molar-refractivity contribution in [2.24, 2.45) is 0 Å². The number of likely N-dealkylation sites (tertiary alicyclic amines) is 1. The van der Waals surface area contributed by atoms with Crippen LogP contribution in [0.4, 0.5) is 0 Å². The second kappa shape index (κ2) is 6.08. The summed E-state index contributed by atoms with van der Waals surface area (Å²) in [5, 5.41) is 8.69. The molecule has 0 amide bonds. The van der Waals surface area contributed by atoms with E-state index in [0.29, 0.717) is 6.54 Å². The molecule has 8 heteroatoms. The summed E-state index contributed by atoms with van der Waals surface area (Å²) in [6.07, 6.45) is 2.83.